The van der Waals surface area contributed by atoms with Gasteiger partial charge < -0.3 is 11.1 Å². The van der Waals surface area contributed by atoms with E-state index in [9.17, 15) is 4.79 Å². The zero-order chi connectivity index (χ0) is 17.3. The minimum Gasteiger partial charge on any atom is -0.351 e. The van der Waals surface area contributed by atoms with Crippen molar-refractivity contribution in [3.05, 3.63) is 64.3 Å². The van der Waals surface area contributed by atoms with E-state index in [4.69, 9.17) is 28.9 Å². The molecular weight excluding hydrogens is 347 g/mol. The first kappa shape index (κ1) is 16.4. The van der Waals surface area contributed by atoms with E-state index in [1.807, 2.05) is 35.9 Å². The van der Waals surface area contributed by atoms with Crippen molar-refractivity contribution in [1.82, 2.24) is 9.78 Å². The summed E-state index contributed by atoms with van der Waals surface area (Å²) in [4.78, 5) is 10.9. The Labute approximate surface area is 149 Å². The average Bonchev–Trinajstić information content (AvgIpc) is 2.92. The second-order valence-electron chi connectivity index (χ2n) is 5.25. The number of carbonyl (C=O) groups excluding carboxylic acids is 1. The van der Waals surface area contributed by atoms with Crippen LogP contribution in [0.3, 0.4) is 0 Å². The van der Waals surface area contributed by atoms with E-state index in [1.165, 1.54) is 0 Å². The van der Waals surface area contributed by atoms with Crippen molar-refractivity contribution in [2.75, 3.05) is 5.32 Å². The van der Waals surface area contributed by atoms with Crippen LogP contribution in [0.25, 0.3) is 16.9 Å². The van der Waals surface area contributed by atoms with E-state index in [2.05, 4.69) is 10.4 Å². The summed E-state index contributed by atoms with van der Waals surface area (Å²) >= 11 is 12.1. The van der Waals surface area contributed by atoms with Crippen LogP contribution in [0.2, 0.25) is 10.0 Å². The van der Waals surface area contributed by atoms with Crippen molar-refractivity contribution >= 4 is 34.9 Å². The smallest absolute Gasteiger partial charge is 0.316 e. The van der Waals surface area contributed by atoms with Gasteiger partial charge in [-0.05, 0) is 49.4 Å². The van der Waals surface area contributed by atoms with Crippen LogP contribution in [0.1, 0.15) is 5.69 Å². The Bertz CT molecular complexity index is 903. The molecule has 0 saturated heterocycles. The Hall–Kier alpha value is -2.50. The first-order valence-electron chi connectivity index (χ1n) is 7.13. The highest BCUT2D eigenvalue weighted by molar-refractivity contribution is 6.42. The van der Waals surface area contributed by atoms with Gasteiger partial charge in [0, 0.05) is 11.3 Å². The van der Waals surface area contributed by atoms with E-state index >= 15 is 0 Å². The molecule has 0 aliphatic heterocycles. The highest BCUT2D eigenvalue weighted by Gasteiger charge is 2.11. The lowest BCUT2D eigenvalue weighted by Crippen LogP contribution is -2.19. The van der Waals surface area contributed by atoms with Crippen molar-refractivity contribution < 1.29 is 4.79 Å². The molecule has 0 atom stereocenters. The number of primary amides is 1. The number of carbonyl (C=O) groups is 1. The summed E-state index contributed by atoms with van der Waals surface area (Å²) in [6.45, 7) is 1.92. The largest absolute Gasteiger partial charge is 0.351 e. The van der Waals surface area contributed by atoms with Crippen molar-refractivity contribution in [3.8, 4) is 16.9 Å². The number of hydrogen-bond donors (Lipinski definition) is 2. The van der Waals surface area contributed by atoms with Gasteiger partial charge in [-0.15, -0.1) is 0 Å². The monoisotopic (exact) mass is 360 g/mol. The molecule has 1 aromatic heterocycles. The fraction of sp³-hybridized carbons (Fsp3) is 0.0588. The van der Waals surface area contributed by atoms with Crippen LogP contribution in [0.5, 0.6) is 0 Å². The van der Waals surface area contributed by atoms with Gasteiger partial charge in [0.25, 0.3) is 0 Å². The molecule has 2 amide bonds. The normalized spacial score (nSPS) is 10.6. The van der Waals surface area contributed by atoms with E-state index in [0.717, 1.165) is 22.6 Å². The van der Waals surface area contributed by atoms with Crippen LogP contribution in [0, 0.1) is 6.92 Å². The maximum absolute atomic E-state index is 10.9. The number of aryl methyl sites for hydroxylation is 1. The number of rotatable bonds is 3. The fourth-order valence-corrected chi connectivity index (χ4v) is 2.68. The fourth-order valence-electron chi connectivity index (χ4n) is 2.39. The molecule has 122 valence electrons. The van der Waals surface area contributed by atoms with Crippen LogP contribution >= 0.6 is 23.2 Å². The molecule has 1 heterocycles. The maximum atomic E-state index is 10.9. The zero-order valence-electron chi connectivity index (χ0n) is 12.8. The molecule has 3 rings (SSSR count). The van der Waals surface area contributed by atoms with Crippen molar-refractivity contribution in [2.45, 2.75) is 6.92 Å². The lowest BCUT2D eigenvalue weighted by atomic mass is 10.1. The Morgan fingerprint density at radius 1 is 1.08 bits per heavy atom. The average molecular weight is 361 g/mol. The first-order chi connectivity index (χ1) is 11.4. The second kappa shape index (κ2) is 6.55. The molecule has 24 heavy (non-hydrogen) atoms. The zero-order valence-corrected chi connectivity index (χ0v) is 14.3. The highest BCUT2D eigenvalue weighted by Crippen LogP contribution is 2.30. The third-order valence-electron chi connectivity index (χ3n) is 3.43. The van der Waals surface area contributed by atoms with Gasteiger partial charge >= 0.3 is 6.03 Å². The molecule has 0 aliphatic carbocycles. The Morgan fingerprint density at radius 2 is 1.79 bits per heavy atom. The van der Waals surface area contributed by atoms with Gasteiger partial charge in [0.15, 0.2) is 0 Å². The number of nitrogens with zero attached hydrogens (tertiary/aromatic N) is 2. The number of halogens is 2. The quantitative estimate of drug-likeness (QED) is 0.713. The van der Waals surface area contributed by atoms with Crippen LogP contribution in [0.4, 0.5) is 10.5 Å². The molecule has 0 radical (unpaired) electrons. The minimum absolute atomic E-state index is 0.487. The number of aromatic nitrogens is 2. The van der Waals surface area contributed by atoms with Gasteiger partial charge in [0.2, 0.25) is 0 Å². The number of anilines is 1. The summed E-state index contributed by atoms with van der Waals surface area (Å²) < 4.78 is 1.81. The number of nitrogens with one attached hydrogen (secondary N) is 1. The lowest BCUT2D eigenvalue weighted by molar-refractivity contribution is 0.259. The predicted octanol–water partition coefficient (Wildman–Crippen LogP) is 4.65. The molecule has 0 saturated carbocycles. The van der Waals surface area contributed by atoms with E-state index < -0.39 is 6.03 Å². The van der Waals surface area contributed by atoms with Crippen LogP contribution in [0.15, 0.2) is 48.5 Å². The Balaban J connectivity index is 2.02. The predicted molar refractivity (Wildman–Crippen MR) is 97.0 cm³/mol. The minimum atomic E-state index is -0.603. The number of amides is 2. The van der Waals surface area contributed by atoms with E-state index in [-0.39, 0.29) is 0 Å². The van der Waals surface area contributed by atoms with Crippen LogP contribution in [-0.2, 0) is 0 Å². The van der Waals surface area contributed by atoms with Gasteiger partial charge in [-0.25, -0.2) is 9.48 Å². The standard InChI is InChI=1S/C17H14Cl2N4O/c1-10-8-16(11-2-7-14(18)15(19)9-11)23(22-10)13-5-3-12(4-6-13)21-17(20)24/h2-9H,1H3,(H3,20,21,24). The lowest BCUT2D eigenvalue weighted by Gasteiger charge is -2.09. The molecule has 3 N–H and O–H groups in total. The van der Waals surface area contributed by atoms with E-state index in [0.29, 0.717) is 15.7 Å². The van der Waals surface area contributed by atoms with E-state index in [1.54, 1.807) is 24.3 Å². The Morgan fingerprint density at radius 3 is 2.42 bits per heavy atom. The van der Waals surface area contributed by atoms with Crippen molar-refractivity contribution in [3.63, 3.8) is 0 Å². The molecule has 7 heteroatoms. The molecule has 0 bridgehead atoms. The van der Waals surface area contributed by atoms with Crippen molar-refractivity contribution in [1.29, 1.82) is 0 Å². The third-order valence-corrected chi connectivity index (χ3v) is 4.17. The highest BCUT2D eigenvalue weighted by atomic mass is 35.5. The van der Waals surface area contributed by atoms with Gasteiger partial charge in [-0.3, -0.25) is 0 Å². The molecule has 0 spiro atoms. The summed E-state index contributed by atoms with van der Waals surface area (Å²) in [5, 5.41) is 8.05. The summed E-state index contributed by atoms with van der Waals surface area (Å²) in [6, 6.07) is 14.0. The molecule has 3 aromatic rings. The van der Waals surface area contributed by atoms with Crippen LogP contribution in [-0.4, -0.2) is 15.8 Å². The molecule has 2 aromatic carbocycles. The molecule has 0 unspecified atom stereocenters. The topological polar surface area (TPSA) is 72.9 Å². The van der Waals surface area contributed by atoms with Gasteiger partial charge in [0.1, 0.15) is 0 Å². The van der Waals surface area contributed by atoms with Gasteiger partial charge in [-0.1, -0.05) is 29.3 Å². The van der Waals surface area contributed by atoms with Crippen molar-refractivity contribution in [2.24, 2.45) is 5.73 Å². The third kappa shape index (κ3) is 3.37. The molecular formula is C17H14Cl2N4O. The first-order valence-corrected chi connectivity index (χ1v) is 7.88. The summed E-state index contributed by atoms with van der Waals surface area (Å²) in [6.07, 6.45) is 0. The van der Waals surface area contributed by atoms with Gasteiger partial charge in [0.05, 0.1) is 27.1 Å². The number of urea groups is 1. The number of benzene rings is 2. The summed E-state index contributed by atoms with van der Waals surface area (Å²) in [5.74, 6) is 0. The SMILES string of the molecule is Cc1cc(-c2ccc(Cl)c(Cl)c2)n(-c2ccc(NC(N)=O)cc2)n1. The molecule has 5 nitrogen and oxygen atoms in total. The summed E-state index contributed by atoms with van der Waals surface area (Å²) in [7, 11) is 0. The Kier molecular flexibility index (Phi) is 4.46. The van der Waals surface area contributed by atoms with Gasteiger partial charge in [-0.2, -0.15) is 5.10 Å². The van der Waals surface area contributed by atoms with Crippen LogP contribution < -0.4 is 11.1 Å². The second-order valence-corrected chi connectivity index (χ2v) is 6.06. The molecule has 0 fully saturated rings. The molecule has 0 aliphatic rings. The summed E-state index contributed by atoms with van der Waals surface area (Å²) in [5.41, 5.74) is 9.24. The maximum Gasteiger partial charge on any atom is 0.316 e. The number of nitrogens with two attached hydrogens (primary N) is 1. The number of hydrogen-bond acceptors (Lipinski definition) is 2.